The van der Waals surface area contributed by atoms with Crippen LogP contribution in [0.4, 0.5) is 10.5 Å². The van der Waals surface area contributed by atoms with Crippen molar-refractivity contribution in [2.24, 2.45) is 5.92 Å². The summed E-state index contributed by atoms with van der Waals surface area (Å²) in [5.74, 6) is 1.49. The molecule has 0 radical (unpaired) electrons. The molecule has 134 valence electrons. The van der Waals surface area contributed by atoms with Crippen LogP contribution < -0.4 is 10.6 Å². The van der Waals surface area contributed by atoms with Crippen molar-refractivity contribution in [3.8, 4) is 0 Å². The number of benzene rings is 1. The fourth-order valence-corrected chi connectivity index (χ4v) is 4.14. The molecule has 1 saturated carbocycles. The second kappa shape index (κ2) is 7.04. The molecule has 1 aliphatic carbocycles. The first-order chi connectivity index (χ1) is 12.2. The number of likely N-dealkylation sites (tertiary alicyclic amines) is 1. The van der Waals surface area contributed by atoms with E-state index >= 15 is 0 Å². The van der Waals surface area contributed by atoms with Gasteiger partial charge < -0.3 is 20.0 Å². The van der Waals surface area contributed by atoms with E-state index in [0.29, 0.717) is 11.5 Å². The molecule has 1 aromatic carbocycles. The summed E-state index contributed by atoms with van der Waals surface area (Å²) in [6, 6.07) is 5.61. The van der Waals surface area contributed by atoms with Gasteiger partial charge in [-0.2, -0.15) is 0 Å². The Labute approximate surface area is 148 Å². The number of nitrogens with zero attached hydrogens (tertiary/aromatic N) is 2. The van der Waals surface area contributed by atoms with Crippen molar-refractivity contribution in [2.75, 3.05) is 25.0 Å². The van der Waals surface area contributed by atoms with Gasteiger partial charge in [0.2, 0.25) is 0 Å². The third-order valence-corrected chi connectivity index (χ3v) is 5.35. The largest absolute Gasteiger partial charge is 0.441 e. The maximum absolute atomic E-state index is 12.3. The number of anilines is 1. The fraction of sp³-hybridized carbons (Fsp3) is 0.579. The van der Waals surface area contributed by atoms with E-state index < -0.39 is 0 Å². The maximum Gasteiger partial charge on any atom is 0.319 e. The van der Waals surface area contributed by atoms with Gasteiger partial charge in [-0.15, -0.1) is 0 Å². The standard InChI is InChI=1S/C19H26N4O2/c1-13-20-17-7-6-15(10-18(17)25-13)21-19(24)22-16-8-9-23(12-16)11-14-4-2-3-5-14/h6-7,10,14,16H,2-5,8-9,11-12H2,1H3,(H2,21,22,24). The molecule has 0 spiro atoms. The van der Waals surface area contributed by atoms with Crippen LogP contribution in [0.3, 0.4) is 0 Å². The minimum atomic E-state index is -0.150. The Morgan fingerprint density at radius 1 is 1.32 bits per heavy atom. The highest BCUT2D eigenvalue weighted by Gasteiger charge is 2.26. The summed E-state index contributed by atoms with van der Waals surface area (Å²) in [6.45, 7) is 5.06. The Hall–Kier alpha value is -2.08. The molecule has 1 aliphatic heterocycles. The highest BCUT2D eigenvalue weighted by Crippen LogP contribution is 2.26. The van der Waals surface area contributed by atoms with E-state index in [1.165, 1.54) is 32.2 Å². The molecule has 1 aromatic heterocycles. The van der Waals surface area contributed by atoms with Gasteiger partial charge in [-0.1, -0.05) is 12.8 Å². The molecule has 2 amide bonds. The molecule has 6 heteroatoms. The summed E-state index contributed by atoms with van der Waals surface area (Å²) in [4.78, 5) is 19.0. The fourth-order valence-electron chi connectivity index (χ4n) is 4.14. The lowest BCUT2D eigenvalue weighted by Crippen LogP contribution is -2.40. The predicted molar refractivity (Wildman–Crippen MR) is 97.7 cm³/mol. The van der Waals surface area contributed by atoms with E-state index in [4.69, 9.17) is 4.42 Å². The number of aromatic nitrogens is 1. The van der Waals surface area contributed by atoms with Crippen molar-refractivity contribution in [3.05, 3.63) is 24.1 Å². The number of hydrogen-bond acceptors (Lipinski definition) is 4. The zero-order chi connectivity index (χ0) is 17.2. The van der Waals surface area contributed by atoms with E-state index in [1.54, 1.807) is 0 Å². The number of rotatable bonds is 4. The highest BCUT2D eigenvalue weighted by molar-refractivity contribution is 5.91. The molecule has 2 aromatic rings. The number of aryl methyl sites for hydroxylation is 1. The van der Waals surface area contributed by atoms with Crippen molar-refractivity contribution < 1.29 is 9.21 Å². The third-order valence-electron chi connectivity index (χ3n) is 5.35. The van der Waals surface area contributed by atoms with E-state index in [0.717, 1.165) is 36.6 Å². The Bertz CT molecular complexity index is 751. The molecule has 25 heavy (non-hydrogen) atoms. The van der Waals surface area contributed by atoms with E-state index in [2.05, 4.69) is 20.5 Å². The van der Waals surface area contributed by atoms with Gasteiger partial charge in [-0.05, 0) is 37.3 Å². The molecule has 6 nitrogen and oxygen atoms in total. The quantitative estimate of drug-likeness (QED) is 0.892. The first kappa shape index (κ1) is 16.4. The molecular formula is C19H26N4O2. The lowest BCUT2D eigenvalue weighted by atomic mass is 10.1. The Morgan fingerprint density at radius 2 is 2.16 bits per heavy atom. The molecule has 4 rings (SSSR count). The van der Waals surface area contributed by atoms with Gasteiger partial charge in [0.05, 0.1) is 0 Å². The maximum atomic E-state index is 12.3. The first-order valence-corrected chi connectivity index (χ1v) is 9.33. The van der Waals surface area contributed by atoms with Crippen LogP contribution in [0.5, 0.6) is 0 Å². The zero-order valence-electron chi connectivity index (χ0n) is 14.8. The number of hydrogen-bond donors (Lipinski definition) is 2. The van der Waals surface area contributed by atoms with Gasteiger partial charge in [0, 0.05) is 44.4 Å². The average Bonchev–Trinajstić information content (AvgIpc) is 3.28. The molecule has 1 atom stereocenters. The molecule has 0 bridgehead atoms. The van der Waals surface area contributed by atoms with Gasteiger partial charge in [0.1, 0.15) is 5.52 Å². The number of fused-ring (bicyclic) bond motifs is 1. The van der Waals surface area contributed by atoms with E-state index in [9.17, 15) is 4.79 Å². The number of oxazole rings is 1. The molecule has 2 fully saturated rings. The van der Waals surface area contributed by atoms with Crippen molar-refractivity contribution in [3.63, 3.8) is 0 Å². The van der Waals surface area contributed by atoms with Crippen molar-refractivity contribution >= 4 is 22.8 Å². The molecule has 2 heterocycles. The summed E-state index contributed by atoms with van der Waals surface area (Å²) < 4.78 is 5.51. The minimum Gasteiger partial charge on any atom is -0.441 e. The Kier molecular flexibility index (Phi) is 4.61. The van der Waals surface area contributed by atoms with Crippen LogP contribution in [0.1, 0.15) is 38.0 Å². The average molecular weight is 342 g/mol. The van der Waals surface area contributed by atoms with Crippen LogP contribution in [-0.2, 0) is 0 Å². The highest BCUT2D eigenvalue weighted by atomic mass is 16.3. The molecule has 2 aliphatic rings. The second-order valence-electron chi connectivity index (χ2n) is 7.41. The van der Waals surface area contributed by atoms with E-state index in [1.807, 2.05) is 25.1 Å². The molecule has 1 saturated heterocycles. The number of urea groups is 1. The van der Waals surface area contributed by atoms with Crippen LogP contribution in [0.2, 0.25) is 0 Å². The van der Waals surface area contributed by atoms with Gasteiger partial charge in [0.15, 0.2) is 11.5 Å². The molecular weight excluding hydrogens is 316 g/mol. The topological polar surface area (TPSA) is 70.4 Å². The van der Waals surface area contributed by atoms with Gasteiger partial charge >= 0.3 is 6.03 Å². The normalized spacial score (nSPS) is 21.9. The SMILES string of the molecule is Cc1nc2ccc(NC(=O)NC3CCN(CC4CCCC4)C3)cc2o1. The van der Waals surface area contributed by atoms with Crippen LogP contribution in [0.25, 0.3) is 11.1 Å². The number of carbonyl (C=O) groups is 1. The second-order valence-corrected chi connectivity index (χ2v) is 7.41. The minimum absolute atomic E-state index is 0.150. The van der Waals surface area contributed by atoms with Crippen LogP contribution in [0, 0.1) is 12.8 Å². The lowest BCUT2D eigenvalue weighted by Gasteiger charge is -2.20. The van der Waals surface area contributed by atoms with Gasteiger partial charge in [0.25, 0.3) is 0 Å². The van der Waals surface area contributed by atoms with Crippen LogP contribution in [-0.4, -0.2) is 41.6 Å². The number of carbonyl (C=O) groups excluding carboxylic acids is 1. The number of nitrogens with one attached hydrogen (secondary N) is 2. The summed E-state index contributed by atoms with van der Waals surface area (Å²) in [6.07, 6.45) is 6.55. The van der Waals surface area contributed by atoms with Crippen LogP contribution in [0.15, 0.2) is 22.6 Å². The molecule has 2 N–H and O–H groups in total. The summed E-state index contributed by atoms with van der Waals surface area (Å²) in [5, 5.41) is 6.00. The monoisotopic (exact) mass is 342 g/mol. The summed E-state index contributed by atoms with van der Waals surface area (Å²) in [7, 11) is 0. The van der Waals surface area contributed by atoms with E-state index in [-0.39, 0.29) is 12.1 Å². The van der Waals surface area contributed by atoms with Crippen LogP contribution >= 0.6 is 0 Å². The predicted octanol–water partition coefficient (Wildman–Crippen LogP) is 3.52. The number of amides is 2. The van der Waals surface area contributed by atoms with Crippen molar-refractivity contribution in [2.45, 2.75) is 45.1 Å². The summed E-state index contributed by atoms with van der Waals surface area (Å²) in [5.41, 5.74) is 2.22. The zero-order valence-corrected chi connectivity index (χ0v) is 14.8. The van der Waals surface area contributed by atoms with Crippen molar-refractivity contribution in [1.29, 1.82) is 0 Å². The third kappa shape index (κ3) is 3.95. The van der Waals surface area contributed by atoms with Gasteiger partial charge in [-0.25, -0.2) is 9.78 Å². The first-order valence-electron chi connectivity index (χ1n) is 9.33. The van der Waals surface area contributed by atoms with Crippen molar-refractivity contribution in [1.82, 2.24) is 15.2 Å². The van der Waals surface area contributed by atoms with Gasteiger partial charge in [-0.3, -0.25) is 0 Å². The Balaban J connectivity index is 1.28. The summed E-state index contributed by atoms with van der Waals surface area (Å²) >= 11 is 0. The smallest absolute Gasteiger partial charge is 0.319 e. The Morgan fingerprint density at radius 3 is 3.00 bits per heavy atom. The molecule has 1 unspecified atom stereocenters. The lowest BCUT2D eigenvalue weighted by molar-refractivity contribution is 0.245.